The molecule has 0 saturated heterocycles. The molecule has 66 valence electrons. The third-order valence-corrected chi connectivity index (χ3v) is 1.60. The van der Waals surface area contributed by atoms with Gasteiger partial charge in [-0.2, -0.15) is 0 Å². The fraction of sp³-hybridized carbons (Fsp3) is 0.444. The molecule has 1 heterocycles. The normalized spacial score (nSPS) is 10.4. The Labute approximate surface area is 77.5 Å². The SMILES string of the molecule is Cc1cc(OC(C)C)c(Cl)cn1. The summed E-state index contributed by atoms with van der Waals surface area (Å²) in [4.78, 5) is 4.03. The van der Waals surface area contributed by atoms with Crippen molar-refractivity contribution < 1.29 is 4.74 Å². The van der Waals surface area contributed by atoms with Crippen LogP contribution in [-0.4, -0.2) is 11.1 Å². The lowest BCUT2D eigenvalue weighted by atomic mass is 10.3. The van der Waals surface area contributed by atoms with Gasteiger partial charge in [-0.05, 0) is 20.8 Å². The average molecular weight is 186 g/mol. The average Bonchev–Trinajstić information content (AvgIpc) is 1.96. The molecule has 0 atom stereocenters. The van der Waals surface area contributed by atoms with Crippen LogP contribution in [0.4, 0.5) is 0 Å². The summed E-state index contributed by atoms with van der Waals surface area (Å²) >= 11 is 5.85. The standard InChI is InChI=1S/C9H12ClNO/c1-6(2)12-9-4-7(3)11-5-8(9)10/h4-6H,1-3H3. The van der Waals surface area contributed by atoms with Crippen molar-refractivity contribution in [3.05, 3.63) is 23.0 Å². The highest BCUT2D eigenvalue weighted by atomic mass is 35.5. The van der Waals surface area contributed by atoms with Crippen LogP contribution in [0.5, 0.6) is 5.75 Å². The van der Waals surface area contributed by atoms with Gasteiger partial charge in [0, 0.05) is 18.0 Å². The highest BCUT2D eigenvalue weighted by Gasteiger charge is 2.03. The summed E-state index contributed by atoms with van der Waals surface area (Å²) < 4.78 is 5.45. The van der Waals surface area contributed by atoms with Crippen LogP contribution >= 0.6 is 11.6 Å². The second-order valence-corrected chi connectivity index (χ2v) is 3.33. The third-order valence-electron chi connectivity index (χ3n) is 1.32. The molecular weight excluding hydrogens is 174 g/mol. The predicted molar refractivity (Wildman–Crippen MR) is 49.7 cm³/mol. The summed E-state index contributed by atoms with van der Waals surface area (Å²) in [6, 6.07) is 1.84. The smallest absolute Gasteiger partial charge is 0.141 e. The van der Waals surface area contributed by atoms with Crippen LogP contribution in [0, 0.1) is 6.92 Å². The molecule has 0 aromatic carbocycles. The van der Waals surface area contributed by atoms with Gasteiger partial charge >= 0.3 is 0 Å². The zero-order valence-corrected chi connectivity index (χ0v) is 8.22. The molecule has 0 aliphatic heterocycles. The first kappa shape index (κ1) is 9.33. The zero-order valence-electron chi connectivity index (χ0n) is 7.47. The molecule has 0 aliphatic rings. The molecule has 0 saturated carbocycles. The number of aryl methyl sites for hydroxylation is 1. The maximum atomic E-state index is 5.85. The van der Waals surface area contributed by atoms with Crippen LogP contribution in [0.3, 0.4) is 0 Å². The molecule has 1 rings (SSSR count). The van der Waals surface area contributed by atoms with Crippen LogP contribution in [0.1, 0.15) is 19.5 Å². The third kappa shape index (κ3) is 2.38. The molecule has 3 heteroatoms. The van der Waals surface area contributed by atoms with Gasteiger partial charge in [0.25, 0.3) is 0 Å². The van der Waals surface area contributed by atoms with Crippen molar-refractivity contribution in [3.63, 3.8) is 0 Å². The Morgan fingerprint density at radius 1 is 1.50 bits per heavy atom. The molecule has 0 bridgehead atoms. The van der Waals surface area contributed by atoms with E-state index in [9.17, 15) is 0 Å². The van der Waals surface area contributed by atoms with Crippen LogP contribution in [0.15, 0.2) is 12.3 Å². The van der Waals surface area contributed by atoms with E-state index in [1.54, 1.807) is 6.20 Å². The first-order valence-corrected chi connectivity index (χ1v) is 4.26. The van der Waals surface area contributed by atoms with Gasteiger partial charge in [-0.3, -0.25) is 4.98 Å². The topological polar surface area (TPSA) is 22.1 Å². The molecule has 0 spiro atoms. The summed E-state index contributed by atoms with van der Waals surface area (Å²) in [7, 11) is 0. The van der Waals surface area contributed by atoms with Crippen molar-refractivity contribution in [2.45, 2.75) is 26.9 Å². The van der Waals surface area contributed by atoms with E-state index < -0.39 is 0 Å². The van der Waals surface area contributed by atoms with E-state index in [0.29, 0.717) is 10.8 Å². The number of halogens is 1. The van der Waals surface area contributed by atoms with Crippen LogP contribution in [0.25, 0.3) is 0 Å². The van der Waals surface area contributed by atoms with Crippen molar-refractivity contribution in [1.29, 1.82) is 0 Å². The molecule has 0 unspecified atom stereocenters. The Kier molecular flexibility index (Phi) is 2.93. The van der Waals surface area contributed by atoms with E-state index in [1.807, 2.05) is 26.8 Å². The minimum absolute atomic E-state index is 0.143. The molecule has 2 nitrogen and oxygen atoms in total. The number of ether oxygens (including phenoxy) is 1. The van der Waals surface area contributed by atoms with Gasteiger partial charge < -0.3 is 4.74 Å². The fourth-order valence-corrected chi connectivity index (χ4v) is 1.01. The zero-order chi connectivity index (χ0) is 9.14. The maximum absolute atomic E-state index is 5.85. The Bertz CT molecular complexity index is 273. The Morgan fingerprint density at radius 3 is 2.75 bits per heavy atom. The molecule has 1 aromatic rings. The number of hydrogen-bond acceptors (Lipinski definition) is 2. The highest BCUT2D eigenvalue weighted by Crippen LogP contribution is 2.24. The molecular formula is C9H12ClNO. The van der Waals surface area contributed by atoms with Crippen molar-refractivity contribution in [2.24, 2.45) is 0 Å². The van der Waals surface area contributed by atoms with E-state index in [4.69, 9.17) is 16.3 Å². The van der Waals surface area contributed by atoms with Gasteiger partial charge in [-0.25, -0.2) is 0 Å². The lowest BCUT2D eigenvalue weighted by Gasteiger charge is -2.10. The highest BCUT2D eigenvalue weighted by molar-refractivity contribution is 6.31. The van der Waals surface area contributed by atoms with Crippen molar-refractivity contribution in [2.75, 3.05) is 0 Å². The Balaban J connectivity index is 2.90. The van der Waals surface area contributed by atoms with E-state index >= 15 is 0 Å². The number of rotatable bonds is 2. The van der Waals surface area contributed by atoms with Crippen LogP contribution < -0.4 is 4.74 Å². The molecule has 0 fully saturated rings. The minimum Gasteiger partial charge on any atom is -0.489 e. The van der Waals surface area contributed by atoms with E-state index in [2.05, 4.69) is 4.98 Å². The Morgan fingerprint density at radius 2 is 2.17 bits per heavy atom. The molecule has 12 heavy (non-hydrogen) atoms. The van der Waals surface area contributed by atoms with Gasteiger partial charge in [0.2, 0.25) is 0 Å². The van der Waals surface area contributed by atoms with Crippen molar-refractivity contribution in [3.8, 4) is 5.75 Å². The van der Waals surface area contributed by atoms with Crippen LogP contribution in [0.2, 0.25) is 5.02 Å². The molecule has 0 N–H and O–H groups in total. The second-order valence-electron chi connectivity index (χ2n) is 2.92. The Hall–Kier alpha value is -0.760. The number of nitrogens with zero attached hydrogens (tertiary/aromatic N) is 1. The largest absolute Gasteiger partial charge is 0.489 e. The number of hydrogen-bond donors (Lipinski definition) is 0. The molecule has 1 aromatic heterocycles. The van der Waals surface area contributed by atoms with Gasteiger partial charge in [0.05, 0.1) is 6.10 Å². The van der Waals surface area contributed by atoms with Gasteiger partial charge in [0.1, 0.15) is 10.8 Å². The van der Waals surface area contributed by atoms with E-state index in [1.165, 1.54) is 0 Å². The second kappa shape index (κ2) is 3.76. The van der Waals surface area contributed by atoms with E-state index in [-0.39, 0.29) is 6.10 Å². The number of pyridine rings is 1. The number of aromatic nitrogens is 1. The summed E-state index contributed by atoms with van der Waals surface area (Å²) in [6.07, 6.45) is 1.75. The molecule has 0 radical (unpaired) electrons. The first-order valence-electron chi connectivity index (χ1n) is 3.88. The van der Waals surface area contributed by atoms with Crippen molar-refractivity contribution >= 4 is 11.6 Å². The minimum atomic E-state index is 0.143. The maximum Gasteiger partial charge on any atom is 0.141 e. The van der Waals surface area contributed by atoms with Crippen LogP contribution in [-0.2, 0) is 0 Å². The summed E-state index contributed by atoms with van der Waals surface area (Å²) in [5.41, 5.74) is 0.912. The van der Waals surface area contributed by atoms with Gasteiger partial charge in [-0.15, -0.1) is 0 Å². The summed E-state index contributed by atoms with van der Waals surface area (Å²) in [5, 5.41) is 0.564. The van der Waals surface area contributed by atoms with Crippen molar-refractivity contribution in [1.82, 2.24) is 4.98 Å². The fourth-order valence-electron chi connectivity index (χ4n) is 0.862. The summed E-state index contributed by atoms with van der Waals surface area (Å²) in [5.74, 6) is 0.708. The predicted octanol–water partition coefficient (Wildman–Crippen LogP) is 2.83. The quantitative estimate of drug-likeness (QED) is 0.707. The molecule has 0 aliphatic carbocycles. The monoisotopic (exact) mass is 185 g/mol. The molecule has 0 amide bonds. The van der Waals surface area contributed by atoms with E-state index in [0.717, 1.165) is 5.69 Å². The lowest BCUT2D eigenvalue weighted by Crippen LogP contribution is -2.06. The van der Waals surface area contributed by atoms with Gasteiger partial charge in [0.15, 0.2) is 0 Å². The van der Waals surface area contributed by atoms with Gasteiger partial charge in [-0.1, -0.05) is 11.6 Å². The summed E-state index contributed by atoms with van der Waals surface area (Å²) in [6.45, 7) is 5.84. The first-order chi connectivity index (χ1) is 5.59. The lowest BCUT2D eigenvalue weighted by molar-refractivity contribution is 0.242.